The average Bonchev–Trinajstić information content (AvgIpc) is 2.83. The number of hydrogen-bond acceptors (Lipinski definition) is 3. The molecule has 0 aromatic heterocycles. The summed E-state index contributed by atoms with van der Waals surface area (Å²) in [5, 5.41) is 8.78. The standard InChI is InChI=1S/C14H25N5O2.HI/c1-15-11(20)4-6-17-13(16-2)19-7-3-5-14(10-19)8-12(21)18-9-14;/h3-10H2,1-2H3,(H,15,20)(H,16,17)(H,18,21);1H. The number of carbonyl (C=O) groups is 2. The molecule has 0 saturated carbocycles. The van der Waals surface area contributed by atoms with Gasteiger partial charge in [-0.25, -0.2) is 0 Å². The van der Waals surface area contributed by atoms with Gasteiger partial charge in [-0.1, -0.05) is 0 Å². The van der Waals surface area contributed by atoms with E-state index in [0.29, 0.717) is 19.4 Å². The highest BCUT2D eigenvalue weighted by Crippen LogP contribution is 2.35. The molecule has 7 nitrogen and oxygen atoms in total. The van der Waals surface area contributed by atoms with E-state index in [2.05, 4.69) is 25.8 Å². The number of amides is 2. The van der Waals surface area contributed by atoms with Crippen molar-refractivity contribution in [1.29, 1.82) is 0 Å². The van der Waals surface area contributed by atoms with Gasteiger partial charge in [0.25, 0.3) is 0 Å². The molecule has 1 spiro atoms. The molecular formula is C14H26IN5O2. The fourth-order valence-corrected chi connectivity index (χ4v) is 3.17. The summed E-state index contributed by atoms with van der Waals surface area (Å²) >= 11 is 0. The minimum atomic E-state index is 0. The lowest BCUT2D eigenvalue weighted by molar-refractivity contribution is -0.121. The summed E-state index contributed by atoms with van der Waals surface area (Å²) in [6.45, 7) is 3.10. The Morgan fingerprint density at radius 1 is 1.50 bits per heavy atom. The maximum atomic E-state index is 11.5. The predicted octanol–water partition coefficient (Wildman–Crippen LogP) is -0.0820. The van der Waals surface area contributed by atoms with E-state index in [9.17, 15) is 9.59 Å². The maximum Gasteiger partial charge on any atom is 0.221 e. The van der Waals surface area contributed by atoms with Crippen LogP contribution in [0.1, 0.15) is 25.7 Å². The van der Waals surface area contributed by atoms with Crippen LogP contribution in [0.4, 0.5) is 0 Å². The van der Waals surface area contributed by atoms with Crippen LogP contribution < -0.4 is 16.0 Å². The molecule has 8 heteroatoms. The average molecular weight is 423 g/mol. The molecule has 0 aromatic rings. The first-order valence-corrected chi connectivity index (χ1v) is 7.51. The van der Waals surface area contributed by atoms with Crippen LogP contribution in [-0.2, 0) is 9.59 Å². The molecule has 2 heterocycles. The fraction of sp³-hybridized carbons (Fsp3) is 0.786. The van der Waals surface area contributed by atoms with Gasteiger partial charge in [0.05, 0.1) is 0 Å². The van der Waals surface area contributed by atoms with Crippen LogP contribution in [0.2, 0.25) is 0 Å². The van der Waals surface area contributed by atoms with E-state index >= 15 is 0 Å². The van der Waals surface area contributed by atoms with Crippen molar-refractivity contribution in [1.82, 2.24) is 20.9 Å². The molecule has 1 atom stereocenters. The van der Waals surface area contributed by atoms with Crippen LogP contribution in [0, 0.1) is 5.41 Å². The van der Waals surface area contributed by atoms with Gasteiger partial charge in [0.15, 0.2) is 5.96 Å². The van der Waals surface area contributed by atoms with Gasteiger partial charge in [-0.15, -0.1) is 24.0 Å². The number of nitrogens with one attached hydrogen (secondary N) is 3. The Morgan fingerprint density at radius 2 is 2.27 bits per heavy atom. The van der Waals surface area contributed by atoms with Gasteiger partial charge in [0, 0.05) is 58.5 Å². The second-order valence-electron chi connectivity index (χ2n) is 5.88. The Hall–Kier alpha value is -1.06. The van der Waals surface area contributed by atoms with E-state index in [-0.39, 0.29) is 41.2 Å². The molecule has 2 rings (SSSR count). The molecule has 126 valence electrons. The SMILES string of the molecule is CN=C(NCCC(=O)NC)N1CCCC2(CNC(=O)C2)C1.I. The number of halogens is 1. The van der Waals surface area contributed by atoms with Crippen molar-refractivity contribution in [3.05, 3.63) is 0 Å². The summed E-state index contributed by atoms with van der Waals surface area (Å²) in [6.07, 6.45) is 3.18. The fourth-order valence-electron chi connectivity index (χ4n) is 3.17. The molecule has 2 saturated heterocycles. The first kappa shape index (κ1) is 19.0. The van der Waals surface area contributed by atoms with E-state index in [4.69, 9.17) is 0 Å². The molecule has 2 fully saturated rings. The van der Waals surface area contributed by atoms with E-state index in [0.717, 1.165) is 38.4 Å². The van der Waals surface area contributed by atoms with Crippen LogP contribution >= 0.6 is 24.0 Å². The van der Waals surface area contributed by atoms with Crippen molar-refractivity contribution in [2.24, 2.45) is 10.4 Å². The normalized spacial score (nSPS) is 24.7. The summed E-state index contributed by atoms with van der Waals surface area (Å²) in [5.74, 6) is 0.982. The Morgan fingerprint density at radius 3 is 2.86 bits per heavy atom. The third-order valence-corrected chi connectivity index (χ3v) is 4.28. The molecular weight excluding hydrogens is 397 g/mol. The maximum absolute atomic E-state index is 11.5. The van der Waals surface area contributed by atoms with Crippen molar-refractivity contribution in [2.45, 2.75) is 25.7 Å². The first-order valence-electron chi connectivity index (χ1n) is 7.51. The summed E-state index contributed by atoms with van der Waals surface area (Å²) in [4.78, 5) is 29.3. The molecule has 0 bridgehead atoms. The monoisotopic (exact) mass is 423 g/mol. The number of likely N-dealkylation sites (tertiary alicyclic amines) is 1. The Bertz CT molecular complexity index is 443. The highest BCUT2D eigenvalue weighted by Gasteiger charge is 2.42. The number of piperidine rings is 1. The topological polar surface area (TPSA) is 85.8 Å². The van der Waals surface area contributed by atoms with E-state index < -0.39 is 0 Å². The molecule has 2 aliphatic rings. The molecule has 3 N–H and O–H groups in total. The van der Waals surface area contributed by atoms with Gasteiger partial charge in [0.1, 0.15) is 0 Å². The van der Waals surface area contributed by atoms with Gasteiger partial charge >= 0.3 is 0 Å². The molecule has 2 aliphatic heterocycles. The second kappa shape index (κ2) is 8.54. The Balaban J connectivity index is 0.00000242. The van der Waals surface area contributed by atoms with Crippen LogP contribution in [0.15, 0.2) is 4.99 Å². The lowest BCUT2D eigenvalue weighted by atomic mass is 9.79. The van der Waals surface area contributed by atoms with Crippen molar-refractivity contribution in [3.8, 4) is 0 Å². The van der Waals surface area contributed by atoms with Gasteiger partial charge < -0.3 is 20.9 Å². The number of carbonyl (C=O) groups excluding carboxylic acids is 2. The second-order valence-corrected chi connectivity index (χ2v) is 5.88. The lowest BCUT2D eigenvalue weighted by Crippen LogP contribution is -2.51. The highest BCUT2D eigenvalue weighted by molar-refractivity contribution is 14.0. The minimum Gasteiger partial charge on any atom is -0.359 e. The predicted molar refractivity (Wildman–Crippen MR) is 96.3 cm³/mol. The summed E-state index contributed by atoms with van der Waals surface area (Å²) < 4.78 is 0. The van der Waals surface area contributed by atoms with Gasteiger partial charge in [-0.05, 0) is 12.8 Å². The number of nitrogens with zero attached hydrogens (tertiary/aromatic N) is 2. The molecule has 2 amide bonds. The highest BCUT2D eigenvalue weighted by atomic mass is 127. The van der Waals surface area contributed by atoms with Gasteiger partial charge in [0.2, 0.25) is 11.8 Å². The quantitative estimate of drug-likeness (QED) is 0.337. The van der Waals surface area contributed by atoms with Crippen LogP contribution in [0.5, 0.6) is 0 Å². The number of aliphatic imine (C=N–C) groups is 1. The molecule has 0 aromatic carbocycles. The van der Waals surface area contributed by atoms with Crippen molar-refractivity contribution in [2.75, 3.05) is 40.3 Å². The Labute approximate surface area is 148 Å². The summed E-state index contributed by atoms with van der Waals surface area (Å²) in [6, 6.07) is 0. The van der Waals surface area contributed by atoms with Crippen molar-refractivity contribution >= 4 is 41.8 Å². The molecule has 0 radical (unpaired) electrons. The van der Waals surface area contributed by atoms with Crippen LogP contribution in [0.3, 0.4) is 0 Å². The van der Waals surface area contributed by atoms with Crippen molar-refractivity contribution in [3.63, 3.8) is 0 Å². The molecule has 22 heavy (non-hydrogen) atoms. The minimum absolute atomic E-state index is 0. The van der Waals surface area contributed by atoms with Gasteiger partial charge in [-0.3, -0.25) is 14.6 Å². The van der Waals surface area contributed by atoms with Crippen LogP contribution in [0.25, 0.3) is 0 Å². The van der Waals surface area contributed by atoms with E-state index in [1.165, 1.54) is 0 Å². The summed E-state index contributed by atoms with van der Waals surface area (Å²) in [5.41, 5.74) is 0.0494. The Kier molecular flexibility index (Phi) is 7.37. The molecule has 1 unspecified atom stereocenters. The zero-order valence-corrected chi connectivity index (χ0v) is 15.6. The lowest BCUT2D eigenvalue weighted by Gasteiger charge is -2.40. The smallest absolute Gasteiger partial charge is 0.221 e. The summed E-state index contributed by atoms with van der Waals surface area (Å²) in [7, 11) is 3.39. The number of hydrogen-bond donors (Lipinski definition) is 3. The third kappa shape index (κ3) is 4.72. The zero-order chi connectivity index (χ0) is 15.3. The van der Waals surface area contributed by atoms with E-state index in [1.807, 2.05) is 0 Å². The third-order valence-electron chi connectivity index (χ3n) is 4.28. The van der Waals surface area contributed by atoms with Crippen LogP contribution in [-0.4, -0.2) is 62.9 Å². The van der Waals surface area contributed by atoms with E-state index in [1.54, 1.807) is 14.1 Å². The number of guanidine groups is 1. The largest absolute Gasteiger partial charge is 0.359 e. The molecule has 0 aliphatic carbocycles. The van der Waals surface area contributed by atoms with Crippen molar-refractivity contribution < 1.29 is 9.59 Å². The number of rotatable bonds is 3. The zero-order valence-electron chi connectivity index (χ0n) is 13.3. The first-order chi connectivity index (χ1) is 10.1. The van der Waals surface area contributed by atoms with Gasteiger partial charge in [-0.2, -0.15) is 0 Å².